The molecule has 2 rings (SSSR count). The van der Waals surface area contributed by atoms with E-state index in [1.807, 2.05) is 31.2 Å². The summed E-state index contributed by atoms with van der Waals surface area (Å²) in [5.74, 6) is 2.64. The molecule has 0 fully saturated rings. The molecule has 1 atom stereocenters. The molecular weight excluding hydrogens is 290 g/mol. The highest BCUT2D eigenvalue weighted by Gasteiger charge is 2.13. The van der Waals surface area contributed by atoms with Gasteiger partial charge in [0.1, 0.15) is 5.75 Å². The second-order valence-electron chi connectivity index (χ2n) is 5.33. The fourth-order valence-electron chi connectivity index (χ4n) is 2.61. The third kappa shape index (κ3) is 4.39. The van der Waals surface area contributed by atoms with E-state index in [0.29, 0.717) is 13.2 Å². The second kappa shape index (κ2) is 8.44. The zero-order valence-corrected chi connectivity index (χ0v) is 14.0. The maximum atomic E-state index is 5.98. The van der Waals surface area contributed by atoms with Crippen LogP contribution in [-0.2, 0) is 6.42 Å². The highest BCUT2D eigenvalue weighted by atomic mass is 16.5. The summed E-state index contributed by atoms with van der Waals surface area (Å²) in [4.78, 5) is 0. The van der Waals surface area contributed by atoms with Crippen molar-refractivity contribution in [3.05, 3.63) is 53.6 Å². The van der Waals surface area contributed by atoms with Crippen LogP contribution in [0.5, 0.6) is 17.2 Å². The molecule has 0 spiro atoms. The molecule has 0 aliphatic rings. The SMILES string of the molecule is CCOc1ccc(CC(CN)c2ccc(OC)cc2)cc1OC. The summed E-state index contributed by atoms with van der Waals surface area (Å²) in [6, 6.07) is 14.1. The van der Waals surface area contributed by atoms with Gasteiger partial charge in [0.15, 0.2) is 11.5 Å². The van der Waals surface area contributed by atoms with Gasteiger partial charge in [0, 0.05) is 5.92 Å². The molecule has 0 heterocycles. The molecule has 0 amide bonds. The summed E-state index contributed by atoms with van der Waals surface area (Å²) in [5, 5.41) is 0. The highest BCUT2D eigenvalue weighted by molar-refractivity contribution is 5.43. The molecule has 0 aliphatic carbocycles. The molecule has 0 radical (unpaired) electrons. The monoisotopic (exact) mass is 315 g/mol. The van der Waals surface area contributed by atoms with Gasteiger partial charge in [-0.1, -0.05) is 18.2 Å². The first-order chi connectivity index (χ1) is 11.2. The predicted molar refractivity (Wildman–Crippen MR) is 92.7 cm³/mol. The van der Waals surface area contributed by atoms with E-state index in [0.717, 1.165) is 23.7 Å². The van der Waals surface area contributed by atoms with Crippen molar-refractivity contribution in [1.29, 1.82) is 0 Å². The summed E-state index contributed by atoms with van der Waals surface area (Å²) in [6.45, 7) is 3.16. The van der Waals surface area contributed by atoms with E-state index >= 15 is 0 Å². The molecule has 0 saturated heterocycles. The van der Waals surface area contributed by atoms with Gasteiger partial charge < -0.3 is 19.9 Å². The fourth-order valence-corrected chi connectivity index (χ4v) is 2.61. The lowest BCUT2D eigenvalue weighted by Gasteiger charge is -2.17. The number of hydrogen-bond donors (Lipinski definition) is 1. The third-order valence-corrected chi connectivity index (χ3v) is 3.88. The molecule has 124 valence electrons. The molecule has 2 aromatic rings. The van der Waals surface area contributed by atoms with Crippen molar-refractivity contribution in [2.24, 2.45) is 5.73 Å². The molecule has 1 unspecified atom stereocenters. The summed E-state index contributed by atoms with van der Waals surface area (Å²) in [6.07, 6.45) is 0.853. The lowest BCUT2D eigenvalue weighted by molar-refractivity contribution is 0.310. The average molecular weight is 315 g/mol. The van der Waals surface area contributed by atoms with Crippen LogP contribution in [0.4, 0.5) is 0 Å². The molecule has 0 bridgehead atoms. The van der Waals surface area contributed by atoms with E-state index < -0.39 is 0 Å². The lowest BCUT2D eigenvalue weighted by atomic mass is 9.92. The van der Waals surface area contributed by atoms with Crippen molar-refractivity contribution in [2.45, 2.75) is 19.3 Å². The summed E-state index contributed by atoms with van der Waals surface area (Å²) in [7, 11) is 3.33. The van der Waals surface area contributed by atoms with Crippen molar-refractivity contribution in [3.8, 4) is 17.2 Å². The van der Waals surface area contributed by atoms with Crippen LogP contribution in [0.3, 0.4) is 0 Å². The van der Waals surface area contributed by atoms with Crippen LogP contribution in [-0.4, -0.2) is 27.4 Å². The summed E-state index contributed by atoms with van der Waals surface area (Å²) < 4.78 is 16.2. The summed E-state index contributed by atoms with van der Waals surface area (Å²) >= 11 is 0. The first-order valence-electron chi connectivity index (χ1n) is 7.85. The van der Waals surface area contributed by atoms with E-state index in [2.05, 4.69) is 18.2 Å². The van der Waals surface area contributed by atoms with Crippen LogP contribution < -0.4 is 19.9 Å². The quantitative estimate of drug-likeness (QED) is 0.811. The van der Waals surface area contributed by atoms with Gasteiger partial charge in [-0.2, -0.15) is 0 Å². The van der Waals surface area contributed by atoms with E-state index in [1.165, 1.54) is 11.1 Å². The summed E-state index contributed by atoms with van der Waals surface area (Å²) in [5.41, 5.74) is 8.37. The number of benzene rings is 2. The van der Waals surface area contributed by atoms with Crippen molar-refractivity contribution in [3.63, 3.8) is 0 Å². The normalized spacial score (nSPS) is 11.8. The number of hydrogen-bond acceptors (Lipinski definition) is 4. The van der Waals surface area contributed by atoms with Crippen molar-refractivity contribution >= 4 is 0 Å². The number of rotatable bonds is 8. The van der Waals surface area contributed by atoms with E-state index in [4.69, 9.17) is 19.9 Å². The smallest absolute Gasteiger partial charge is 0.161 e. The van der Waals surface area contributed by atoms with Crippen molar-refractivity contribution < 1.29 is 14.2 Å². The molecule has 0 aliphatic heterocycles. The zero-order valence-electron chi connectivity index (χ0n) is 14.0. The van der Waals surface area contributed by atoms with Gasteiger partial charge in [-0.3, -0.25) is 0 Å². The van der Waals surface area contributed by atoms with E-state index in [9.17, 15) is 0 Å². The van der Waals surface area contributed by atoms with Crippen LogP contribution in [0, 0.1) is 0 Å². The molecule has 0 aromatic heterocycles. The molecule has 2 aromatic carbocycles. The molecule has 4 nitrogen and oxygen atoms in total. The molecule has 4 heteroatoms. The largest absolute Gasteiger partial charge is 0.497 e. The van der Waals surface area contributed by atoms with E-state index in [1.54, 1.807) is 14.2 Å². The van der Waals surface area contributed by atoms with Crippen molar-refractivity contribution in [2.75, 3.05) is 27.4 Å². The standard InChI is InChI=1S/C19H25NO3/c1-4-23-18-10-5-14(12-19(18)22-3)11-16(13-20)15-6-8-17(21-2)9-7-15/h5-10,12,16H,4,11,13,20H2,1-3H3. The maximum Gasteiger partial charge on any atom is 0.161 e. The van der Waals surface area contributed by atoms with Gasteiger partial charge in [0.2, 0.25) is 0 Å². The maximum absolute atomic E-state index is 5.98. The van der Waals surface area contributed by atoms with Crippen LogP contribution in [0.15, 0.2) is 42.5 Å². The zero-order chi connectivity index (χ0) is 16.7. The minimum absolute atomic E-state index is 0.253. The Kier molecular flexibility index (Phi) is 6.29. The molecular formula is C19H25NO3. The van der Waals surface area contributed by atoms with Gasteiger partial charge in [-0.05, 0) is 55.3 Å². The first kappa shape index (κ1) is 17.2. The van der Waals surface area contributed by atoms with Gasteiger partial charge in [0.25, 0.3) is 0 Å². The predicted octanol–water partition coefficient (Wildman–Crippen LogP) is 3.39. The minimum atomic E-state index is 0.253. The number of ether oxygens (including phenoxy) is 3. The van der Waals surface area contributed by atoms with Gasteiger partial charge in [-0.25, -0.2) is 0 Å². The van der Waals surface area contributed by atoms with Gasteiger partial charge in [-0.15, -0.1) is 0 Å². The highest BCUT2D eigenvalue weighted by Crippen LogP contribution is 2.30. The Bertz CT molecular complexity index is 611. The van der Waals surface area contributed by atoms with Crippen LogP contribution in [0.1, 0.15) is 24.0 Å². The Balaban J connectivity index is 2.17. The van der Waals surface area contributed by atoms with E-state index in [-0.39, 0.29) is 5.92 Å². The third-order valence-electron chi connectivity index (χ3n) is 3.88. The van der Waals surface area contributed by atoms with Crippen LogP contribution in [0.2, 0.25) is 0 Å². The topological polar surface area (TPSA) is 53.7 Å². The Labute approximate surface area is 138 Å². The van der Waals surface area contributed by atoms with Gasteiger partial charge >= 0.3 is 0 Å². The molecule has 0 saturated carbocycles. The Hall–Kier alpha value is -2.20. The lowest BCUT2D eigenvalue weighted by Crippen LogP contribution is -2.15. The Morgan fingerprint density at radius 3 is 2.26 bits per heavy atom. The molecule has 23 heavy (non-hydrogen) atoms. The van der Waals surface area contributed by atoms with Gasteiger partial charge in [0.05, 0.1) is 20.8 Å². The second-order valence-corrected chi connectivity index (χ2v) is 5.33. The Morgan fingerprint density at radius 2 is 1.70 bits per heavy atom. The molecule has 2 N–H and O–H groups in total. The average Bonchev–Trinajstić information content (AvgIpc) is 2.61. The van der Waals surface area contributed by atoms with Crippen LogP contribution >= 0.6 is 0 Å². The Morgan fingerprint density at radius 1 is 0.957 bits per heavy atom. The number of nitrogens with two attached hydrogens (primary N) is 1. The number of methoxy groups -OCH3 is 2. The first-order valence-corrected chi connectivity index (χ1v) is 7.85. The van der Waals surface area contributed by atoms with Crippen molar-refractivity contribution in [1.82, 2.24) is 0 Å². The fraction of sp³-hybridized carbons (Fsp3) is 0.368. The minimum Gasteiger partial charge on any atom is -0.497 e. The van der Waals surface area contributed by atoms with Crippen LogP contribution in [0.25, 0.3) is 0 Å².